The van der Waals surface area contributed by atoms with Gasteiger partial charge in [0.1, 0.15) is 0 Å². The van der Waals surface area contributed by atoms with Gasteiger partial charge in [0.15, 0.2) is 6.10 Å². The van der Waals surface area contributed by atoms with Crippen molar-refractivity contribution in [2.45, 2.75) is 69.3 Å². The van der Waals surface area contributed by atoms with Crippen molar-refractivity contribution in [3.05, 3.63) is 0 Å². The highest BCUT2D eigenvalue weighted by atomic mass is 19.4. The standard InChI is InChI=1S/C14H25F3N2O/c15-14(16,17)13(20)9-19-12-6-2-1-5-10(12)11-7-3-4-8-18-11/h10-13,18-20H,1-9H2. The van der Waals surface area contributed by atoms with Crippen molar-refractivity contribution in [3.63, 3.8) is 0 Å². The summed E-state index contributed by atoms with van der Waals surface area (Å²) < 4.78 is 37.1. The number of hydrogen-bond acceptors (Lipinski definition) is 3. The van der Waals surface area contributed by atoms with Crippen LogP contribution in [-0.2, 0) is 0 Å². The highest BCUT2D eigenvalue weighted by Gasteiger charge is 2.39. The van der Waals surface area contributed by atoms with Crippen molar-refractivity contribution in [1.82, 2.24) is 10.6 Å². The quantitative estimate of drug-likeness (QED) is 0.745. The minimum absolute atomic E-state index is 0.0938. The van der Waals surface area contributed by atoms with Gasteiger partial charge in [-0.3, -0.25) is 0 Å². The van der Waals surface area contributed by atoms with Crippen LogP contribution in [0, 0.1) is 5.92 Å². The second kappa shape index (κ2) is 7.09. The van der Waals surface area contributed by atoms with E-state index in [4.69, 9.17) is 5.11 Å². The Labute approximate surface area is 118 Å². The Kier molecular flexibility index (Phi) is 5.69. The molecule has 3 N–H and O–H groups in total. The molecule has 20 heavy (non-hydrogen) atoms. The normalized spacial score (nSPS) is 33.9. The summed E-state index contributed by atoms with van der Waals surface area (Å²) in [7, 11) is 0. The van der Waals surface area contributed by atoms with Gasteiger partial charge in [0.25, 0.3) is 0 Å². The van der Waals surface area contributed by atoms with E-state index in [0.717, 1.165) is 38.6 Å². The number of nitrogens with one attached hydrogen (secondary N) is 2. The Morgan fingerprint density at radius 2 is 1.80 bits per heavy atom. The molecule has 6 heteroatoms. The minimum Gasteiger partial charge on any atom is -0.382 e. The van der Waals surface area contributed by atoms with E-state index in [0.29, 0.717) is 12.0 Å². The van der Waals surface area contributed by atoms with Crippen molar-refractivity contribution >= 4 is 0 Å². The number of rotatable bonds is 4. The van der Waals surface area contributed by atoms with Crippen LogP contribution in [0.15, 0.2) is 0 Å². The summed E-state index contributed by atoms with van der Waals surface area (Å²) in [4.78, 5) is 0. The van der Waals surface area contributed by atoms with E-state index in [9.17, 15) is 13.2 Å². The molecule has 2 fully saturated rings. The Hall–Kier alpha value is -0.330. The van der Waals surface area contributed by atoms with Crippen LogP contribution in [0.5, 0.6) is 0 Å². The first kappa shape index (κ1) is 16.0. The van der Waals surface area contributed by atoms with Crippen molar-refractivity contribution < 1.29 is 18.3 Å². The topological polar surface area (TPSA) is 44.3 Å². The van der Waals surface area contributed by atoms with Crippen LogP contribution in [0.25, 0.3) is 0 Å². The van der Waals surface area contributed by atoms with Gasteiger partial charge in [0.05, 0.1) is 0 Å². The predicted molar refractivity (Wildman–Crippen MR) is 71.5 cm³/mol. The fourth-order valence-corrected chi connectivity index (χ4v) is 3.52. The van der Waals surface area contributed by atoms with Crippen LogP contribution in [0.2, 0.25) is 0 Å². The molecule has 1 heterocycles. The zero-order valence-electron chi connectivity index (χ0n) is 11.8. The lowest BCUT2D eigenvalue weighted by Crippen LogP contribution is -2.52. The van der Waals surface area contributed by atoms with Gasteiger partial charge < -0.3 is 15.7 Å². The molecule has 2 rings (SSSR count). The summed E-state index contributed by atoms with van der Waals surface area (Å²) in [6, 6.07) is 0.515. The van der Waals surface area contributed by atoms with Crippen molar-refractivity contribution in [1.29, 1.82) is 0 Å². The highest BCUT2D eigenvalue weighted by molar-refractivity contribution is 4.91. The lowest BCUT2D eigenvalue weighted by atomic mass is 9.77. The highest BCUT2D eigenvalue weighted by Crippen LogP contribution is 2.30. The fourth-order valence-electron chi connectivity index (χ4n) is 3.52. The van der Waals surface area contributed by atoms with Crippen LogP contribution < -0.4 is 10.6 Å². The number of piperidine rings is 1. The van der Waals surface area contributed by atoms with Gasteiger partial charge >= 0.3 is 6.18 Å². The Morgan fingerprint density at radius 1 is 1.10 bits per heavy atom. The Balaban J connectivity index is 1.86. The van der Waals surface area contributed by atoms with Gasteiger partial charge in [-0.05, 0) is 38.1 Å². The maximum atomic E-state index is 12.4. The summed E-state index contributed by atoms with van der Waals surface area (Å²) in [5.74, 6) is 0.393. The Morgan fingerprint density at radius 3 is 2.45 bits per heavy atom. The number of hydrogen-bond donors (Lipinski definition) is 3. The van der Waals surface area contributed by atoms with Gasteiger partial charge in [-0.2, -0.15) is 13.2 Å². The van der Waals surface area contributed by atoms with E-state index in [1.54, 1.807) is 0 Å². The molecular weight excluding hydrogens is 269 g/mol. The molecule has 0 aromatic carbocycles. The second-order valence-corrected chi connectivity index (χ2v) is 6.08. The third-order valence-electron chi connectivity index (χ3n) is 4.64. The number of halogens is 3. The van der Waals surface area contributed by atoms with Crippen LogP contribution in [0.1, 0.15) is 44.9 Å². The molecule has 0 spiro atoms. The molecule has 1 aliphatic heterocycles. The zero-order chi connectivity index (χ0) is 14.6. The van der Waals surface area contributed by atoms with Gasteiger partial charge in [-0.15, -0.1) is 0 Å². The molecule has 118 valence electrons. The molecule has 0 aromatic heterocycles. The summed E-state index contributed by atoms with van der Waals surface area (Å²) in [6.07, 6.45) is 0.909. The first-order valence-electron chi connectivity index (χ1n) is 7.70. The molecule has 1 aliphatic carbocycles. The van der Waals surface area contributed by atoms with E-state index >= 15 is 0 Å². The molecule has 0 bridgehead atoms. The molecule has 4 unspecified atom stereocenters. The molecule has 1 saturated carbocycles. The first-order valence-corrected chi connectivity index (χ1v) is 7.70. The van der Waals surface area contributed by atoms with E-state index in [-0.39, 0.29) is 6.04 Å². The molecule has 0 aromatic rings. The SMILES string of the molecule is OC(CNC1CCCCC1C1CCCCN1)C(F)(F)F. The van der Waals surface area contributed by atoms with E-state index in [1.807, 2.05) is 0 Å². The lowest BCUT2D eigenvalue weighted by Gasteiger charge is -2.40. The molecule has 1 saturated heterocycles. The third kappa shape index (κ3) is 4.33. The summed E-state index contributed by atoms with van der Waals surface area (Å²) in [5, 5.41) is 15.6. The Bertz CT molecular complexity index is 293. The molecular formula is C14H25F3N2O. The largest absolute Gasteiger partial charge is 0.415 e. The average molecular weight is 294 g/mol. The van der Waals surface area contributed by atoms with Gasteiger partial charge in [0.2, 0.25) is 0 Å². The maximum Gasteiger partial charge on any atom is 0.415 e. The van der Waals surface area contributed by atoms with Gasteiger partial charge in [0, 0.05) is 18.6 Å². The average Bonchev–Trinajstić information content (AvgIpc) is 2.45. The smallest absolute Gasteiger partial charge is 0.382 e. The number of aliphatic hydroxyl groups excluding tert-OH is 1. The van der Waals surface area contributed by atoms with Crippen LogP contribution in [0.3, 0.4) is 0 Å². The molecule has 3 nitrogen and oxygen atoms in total. The molecule has 2 aliphatic rings. The number of aliphatic hydroxyl groups is 1. The van der Waals surface area contributed by atoms with Crippen LogP contribution in [-0.4, -0.2) is 42.6 Å². The van der Waals surface area contributed by atoms with E-state index < -0.39 is 18.8 Å². The van der Waals surface area contributed by atoms with E-state index in [1.165, 1.54) is 12.8 Å². The van der Waals surface area contributed by atoms with Gasteiger partial charge in [-0.25, -0.2) is 0 Å². The second-order valence-electron chi connectivity index (χ2n) is 6.08. The predicted octanol–water partition coefficient (Wildman–Crippen LogP) is 2.20. The molecule has 0 amide bonds. The monoisotopic (exact) mass is 294 g/mol. The zero-order valence-corrected chi connectivity index (χ0v) is 11.8. The van der Waals surface area contributed by atoms with Crippen molar-refractivity contribution in [3.8, 4) is 0 Å². The molecule has 0 radical (unpaired) electrons. The van der Waals surface area contributed by atoms with Crippen LogP contribution >= 0.6 is 0 Å². The summed E-state index contributed by atoms with van der Waals surface area (Å²) >= 11 is 0. The number of alkyl halides is 3. The van der Waals surface area contributed by atoms with Crippen molar-refractivity contribution in [2.75, 3.05) is 13.1 Å². The van der Waals surface area contributed by atoms with Gasteiger partial charge in [-0.1, -0.05) is 19.3 Å². The molecule has 4 atom stereocenters. The fraction of sp³-hybridized carbons (Fsp3) is 1.00. The maximum absolute atomic E-state index is 12.4. The van der Waals surface area contributed by atoms with Crippen molar-refractivity contribution in [2.24, 2.45) is 5.92 Å². The van der Waals surface area contributed by atoms with E-state index in [2.05, 4.69) is 10.6 Å². The first-order chi connectivity index (χ1) is 9.48. The van der Waals surface area contributed by atoms with Crippen LogP contribution in [0.4, 0.5) is 13.2 Å². The minimum atomic E-state index is -4.53. The summed E-state index contributed by atoms with van der Waals surface area (Å²) in [5.41, 5.74) is 0. The summed E-state index contributed by atoms with van der Waals surface area (Å²) in [6.45, 7) is 0.621. The third-order valence-corrected chi connectivity index (χ3v) is 4.64. The lowest BCUT2D eigenvalue weighted by molar-refractivity contribution is -0.202.